The van der Waals surface area contributed by atoms with Gasteiger partial charge in [-0.15, -0.1) is 0 Å². The number of anilines is 2. The third kappa shape index (κ3) is 8.10. The van der Waals surface area contributed by atoms with E-state index in [2.05, 4.69) is 28.1 Å². The summed E-state index contributed by atoms with van der Waals surface area (Å²) in [5.74, 6) is -0.872. The van der Waals surface area contributed by atoms with Gasteiger partial charge in [0, 0.05) is 17.4 Å². The minimum absolute atomic E-state index is 0.211. The number of nitrogens with one attached hydrogen (secondary N) is 3. The molecule has 0 aliphatic carbocycles. The number of carbonyl (C=O) groups excluding carboxylic acids is 3. The number of rotatable bonds is 10. The van der Waals surface area contributed by atoms with E-state index in [0.717, 1.165) is 6.42 Å². The van der Waals surface area contributed by atoms with E-state index in [0.29, 0.717) is 34.2 Å². The molecule has 0 aliphatic heterocycles. The maximum absolute atomic E-state index is 12.2. The molecular formula is C27H28N4O6. The predicted octanol–water partition coefficient (Wildman–Crippen LogP) is 3.37. The SMILES string of the molecule is CCc1ccc(NC(=O)COc2ccc(/C=N\NC(=O)C(=O)Nc3cccc(OC)c3)cc2OC)cc1. The quantitative estimate of drug-likeness (QED) is 0.221. The molecule has 10 nitrogen and oxygen atoms in total. The van der Waals surface area contributed by atoms with Crippen LogP contribution in [0.2, 0.25) is 0 Å². The van der Waals surface area contributed by atoms with Crippen molar-refractivity contribution in [1.82, 2.24) is 5.43 Å². The largest absolute Gasteiger partial charge is 0.497 e. The smallest absolute Gasteiger partial charge is 0.329 e. The predicted molar refractivity (Wildman–Crippen MR) is 140 cm³/mol. The zero-order valence-electron chi connectivity index (χ0n) is 20.7. The number of aryl methyl sites for hydroxylation is 1. The summed E-state index contributed by atoms with van der Waals surface area (Å²) in [6, 6.07) is 19.1. The zero-order chi connectivity index (χ0) is 26.6. The average Bonchev–Trinajstić information content (AvgIpc) is 2.92. The molecule has 3 aromatic carbocycles. The average molecular weight is 505 g/mol. The second-order valence-corrected chi connectivity index (χ2v) is 7.68. The molecular weight excluding hydrogens is 476 g/mol. The number of ether oxygens (including phenoxy) is 3. The van der Waals surface area contributed by atoms with Gasteiger partial charge in [-0.05, 0) is 60.0 Å². The third-order valence-electron chi connectivity index (χ3n) is 5.11. The number of methoxy groups -OCH3 is 2. The molecule has 0 saturated heterocycles. The van der Waals surface area contributed by atoms with E-state index in [4.69, 9.17) is 14.2 Å². The van der Waals surface area contributed by atoms with E-state index in [1.807, 2.05) is 24.3 Å². The van der Waals surface area contributed by atoms with Crippen LogP contribution in [0.25, 0.3) is 0 Å². The molecule has 0 heterocycles. The lowest BCUT2D eigenvalue weighted by molar-refractivity contribution is -0.136. The molecule has 10 heteroatoms. The molecule has 3 amide bonds. The van der Waals surface area contributed by atoms with Gasteiger partial charge in [-0.3, -0.25) is 14.4 Å². The molecule has 37 heavy (non-hydrogen) atoms. The molecule has 0 spiro atoms. The van der Waals surface area contributed by atoms with Gasteiger partial charge in [-0.25, -0.2) is 5.43 Å². The van der Waals surface area contributed by atoms with Crippen LogP contribution < -0.4 is 30.3 Å². The Morgan fingerprint density at radius 1 is 0.838 bits per heavy atom. The van der Waals surface area contributed by atoms with E-state index in [-0.39, 0.29) is 12.5 Å². The van der Waals surface area contributed by atoms with E-state index in [1.54, 1.807) is 42.5 Å². The summed E-state index contributed by atoms with van der Waals surface area (Å²) >= 11 is 0. The molecule has 0 fully saturated rings. The lowest BCUT2D eigenvalue weighted by Crippen LogP contribution is -2.32. The Labute approximate surface area is 214 Å². The van der Waals surface area contributed by atoms with Gasteiger partial charge < -0.3 is 24.8 Å². The number of hydrogen-bond donors (Lipinski definition) is 3. The highest BCUT2D eigenvalue weighted by Gasteiger charge is 2.13. The molecule has 0 aromatic heterocycles. The van der Waals surface area contributed by atoms with Gasteiger partial charge in [0.2, 0.25) is 0 Å². The molecule has 0 aliphatic rings. The van der Waals surface area contributed by atoms with Crippen molar-refractivity contribution in [2.75, 3.05) is 31.5 Å². The fourth-order valence-corrected chi connectivity index (χ4v) is 3.15. The van der Waals surface area contributed by atoms with E-state index in [1.165, 1.54) is 26.0 Å². The van der Waals surface area contributed by atoms with Crippen LogP contribution in [0.1, 0.15) is 18.1 Å². The van der Waals surface area contributed by atoms with Gasteiger partial charge in [0.1, 0.15) is 5.75 Å². The van der Waals surface area contributed by atoms with Crippen LogP contribution >= 0.6 is 0 Å². The fraction of sp³-hybridized carbons (Fsp3) is 0.185. The number of hydrazone groups is 1. The van der Waals surface area contributed by atoms with Crippen molar-refractivity contribution in [3.8, 4) is 17.2 Å². The fourth-order valence-electron chi connectivity index (χ4n) is 3.15. The molecule has 0 saturated carbocycles. The van der Waals surface area contributed by atoms with Gasteiger partial charge in [0.05, 0.1) is 20.4 Å². The summed E-state index contributed by atoms with van der Waals surface area (Å²) in [7, 11) is 2.96. The maximum atomic E-state index is 12.2. The summed E-state index contributed by atoms with van der Waals surface area (Å²) in [4.78, 5) is 36.3. The first kappa shape index (κ1) is 26.7. The summed E-state index contributed by atoms with van der Waals surface area (Å²) in [5, 5.41) is 9.04. The summed E-state index contributed by atoms with van der Waals surface area (Å²) < 4.78 is 16.0. The molecule has 3 aromatic rings. The Morgan fingerprint density at radius 3 is 2.32 bits per heavy atom. The van der Waals surface area contributed by atoms with Gasteiger partial charge in [0.15, 0.2) is 18.1 Å². The third-order valence-corrected chi connectivity index (χ3v) is 5.11. The molecule has 3 N–H and O–H groups in total. The van der Waals surface area contributed by atoms with Crippen molar-refractivity contribution in [3.63, 3.8) is 0 Å². The highest BCUT2D eigenvalue weighted by Crippen LogP contribution is 2.27. The highest BCUT2D eigenvalue weighted by atomic mass is 16.5. The van der Waals surface area contributed by atoms with Crippen molar-refractivity contribution in [2.45, 2.75) is 13.3 Å². The van der Waals surface area contributed by atoms with Gasteiger partial charge in [0.25, 0.3) is 5.91 Å². The highest BCUT2D eigenvalue weighted by molar-refractivity contribution is 6.39. The molecule has 0 atom stereocenters. The van der Waals surface area contributed by atoms with Crippen LogP contribution in [0.3, 0.4) is 0 Å². The van der Waals surface area contributed by atoms with Gasteiger partial charge >= 0.3 is 11.8 Å². The van der Waals surface area contributed by atoms with E-state index < -0.39 is 11.8 Å². The van der Waals surface area contributed by atoms with Crippen LogP contribution in [0.5, 0.6) is 17.2 Å². The zero-order valence-corrected chi connectivity index (χ0v) is 20.7. The Kier molecular flexibility index (Phi) is 9.60. The Balaban J connectivity index is 1.51. The summed E-state index contributed by atoms with van der Waals surface area (Å²) in [6.45, 7) is 1.85. The van der Waals surface area contributed by atoms with Crippen LogP contribution in [0, 0.1) is 0 Å². The minimum atomic E-state index is -0.943. The van der Waals surface area contributed by atoms with Crippen LogP contribution in [0.15, 0.2) is 71.8 Å². The first-order valence-electron chi connectivity index (χ1n) is 11.4. The minimum Gasteiger partial charge on any atom is -0.497 e. The maximum Gasteiger partial charge on any atom is 0.329 e. The van der Waals surface area contributed by atoms with E-state index in [9.17, 15) is 14.4 Å². The Hall–Kier alpha value is -4.86. The van der Waals surface area contributed by atoms with Gasteiger partial charge in [-0.2, -0.15) is 5.10 Å². The van der Waals surface area contributed by atoms with Crippen LogP contribution in [-0.4, -0.2) is 44.8 Å². The lowest BCUT2D eigenvalue weighted by atomic mass is 10.1. The van der Waals surface area contributed by atoms with Crippen LogP contribution in [0.4, 0.5) is 11.4 Å². The summed E-state index contributed by atoms with van der Waals surface area (Å²) in [6.07, 6.45) is 2.26. The molecule has 192 valence electrons. The van der Waals surface area contributed by atoms with Crippen molar-refractivity contribution < 1.29 is 28.6 Å². The van der Waals surface area contributed by atoms with Crippen LogP contribution in [-0.2, 0) is 20.8 Å². The first-order chi connectivity index (χ1) is 17.9. The van der Waals surface area contributed by atoms with E-state index >= 15 is 0 Å². The molecule has 3 rings (SSSR count). The van der Waals surface area contributed by atoms with Crippen molar-refractivity contribution in [2.24, 2.45) is 5.10 Å². The second kappa shape index (κ2) is 13.3. The number of benzene rings is 3. The number of amides is 3. The molecule has 0 unspecified atom stereocenters. The Bertz CT molecular complexity index is 1270. The lowest BCUT2D eigenvalue weighted by Gasteiger charge is -2.11. The topological polar surface area (TPSA) is 127 Å². The molecule has 0 radical (unpaired) electrons. The summed E-state index contributed by atoms with van der Waals surface area (Å²) in [5.41, 5.74) is 5.00. The monoisotopic (exact) mass is 504 g/mol. The van der Waals surface area contributed by atoms with Crippen molar-refractivity contribution in [3.05, 3.63) is 77.9 Å². The van der Waals surface area contributed by atoms with Crippen molar-refractivity contribution in [1.29, 1.82) is 0 Å². The normalized spacial score (nSPS) is 10.5. The number of hydrogen-bond acceptors (Lipinski definition) is 7. The second-order valence-electron chi connectivity index (χ2n) is 7.68. The molecule has 0 bridgehead atoms. The van der Waals surface area contributed by atoms with Gasteiger partial charge in [-0.1, -0.05) is 25.1 Å². The Morgan fingerprint density at radius 2 is 1.62 bits per heavy atom. The first-order valence-corrected chi connectivity index (χ1v) is 11.4. The standard InChI is InChI=1S/C27H28N4O6/c1-4-18-8-11-20(12-9-18)29-25(32)17-37-23-13-10-19(14-24(23)36-3)16-28-31-27(34)26(33)30-21-6-5-7-22(15-21)35-2/h5-16H,4,17H2,1-3H3,(H,29,32)(H,30,33)(H,31,34)/b28-16-. The number of nitrogens with zero attached hydrogens (tertiary/aromatic N) is 1. The number of carbonyl (C=O) groups is 3. The van der Waals surface area contributed by atoms with Crippen molar-refractivity contribution >= 4 is 35.3 Å².